The van der Waals surface area contributed by atoms with E-state index in [9.17, 15) is 4.79 Å². The summed E-state index contributed by atoms with van der Waals surface area (Å²) in [5.41, 5.74) is 2.37. The zero-order valence-electron chi connectivity index (χ0n) is 11.3. The molecule has 0 N–H and O–H groups in total. The van der Waals surface area contributed by atoms with Gasteiger partial charge < -0.3 is 4.90 Å². The van der Waals surface area contributed by atoms with Crippen molar-refractivity contribution in [2.45, 2.75) is 46.0 Å². The van der Waals surface area contributed by atoms with Gasteiger partial charge in [-0.25, -0.2) is 0 Å². The Balaban J connectivity index is 2.23. The Labute approximate surface area is 108 Å². The third-order valence-corrected chi connectivity index (χ3v) is 3.45. The second kappa shape index (κ2) is 5.94. The van der Waals surface area contributed by atoms with Crippen LogP contribution in [-0.2, 0) is 6.42 Å². The lowest BCUT2D eigenvalue weighted by Gasteiger charge is -2.21. The Morgan fingerprint density at radius 2 is 1.89 bits per heavy atom. The lowest BCUT2D eigenvalue weighted by atomic mass is 10.1. The highest BCUT2D eigenvalue weighted by atomic mass is 16.2. The summed E-state index contributed by atoms with van der Waals surface area (Å²) in [7, 11) is 0. The van der Waals surface area contributed by atoms with E-state index >= 15 is 0 Å². The first kappa shape index (κ1) is 13.0. The monoisotopic (exact) mass is 247 g/mol. The Kier molecular flexibility index (Phi) is 4.28. The van der Waals surface area contributed by atoms with Crippen molar-refractivity contribution in [3.05, 3.63) is 23.0 Å². The van der Waals surface area contributed by atoms with E-state index in [1.807, 2.05) is 24.8 Å². The number of nitrogens with zero attached hydrogens (tertiary/aromatic N) is 3. The summed E-state index contributed by atoms with van der Waals surface area (Å²) < 4.78 is 0. The highest BCUT2D eigenvalue weighted by Crippen LogP contribution is 2.15. The van der Waals surface area contributed by atoms with Crippen LogP contribution in [0.5, 0.6) is 0 Å². The van der Waals surface area contributed by atoms with Crippen LogP contribution in [0.4, 0.5) is 0 Å². The van der Waals surface area contributed by atoms with Crippen LogP contribution in [0.1, 0.15) is 54.4 Å². The SMILES string of the molecule is CCc1nnc(C)cc1C(=O)N1CCCCCC1. The minimum atomic E-state index is 0.131. The van der Waals surface area contributed by atoms with E-state index in [4.69, 9.17) is 0 Å². The fraction of sp³-hybridized carbons (Fsp3) is 0.643. The van der Waals surface area contributed by atoms with Crippen LogP contribution in [-0.4, -0.2) is 34.1 Å². The van der Waals surface area contributed by atoms with E-state index in [0.717, 1.165) is 49.3 Å². The third kappa shape index (κ3) is 2.86. The molecule has 98 valence electrons. The Morgan fingerprint density at radius 1 is 1.22 bits per heavy atom. The number of carbonyl (C=O) groups is 1. The molecule has 0 aromatic carbocycles. The molecule has 1 aromatic heterocycles. The summed E-state index contributed by atoms with van der Waals surface area (Å²) >= 11 is 0. The molecule has 2 rings (SSSR count). The maximum atomic E-state index is 12.5. The van der Waals surface area contributed by atoms with Crippen LogP contribution in [0.3, 0.4) is 0 Å². The molecule has 0 saturated carbocycles. The average Bonchev–Trinajstić information content (AvgIpc) is 2.66. The zero-order chi connectivity index (χ0) is 13.0. The molecule has 4 heteroatoms. The van der Waals surface area contributed by atoms with Crippen molar-refractivity contribution in [2.24, 2.45) is 0 Å². The van der Waals surface area contributed by atoms with Gasteiger partial charge in [0.2, 0.25) is 0 Å². The molecule has 2 heterocycles. The molecule has 0 spiro atoms. The summed E-state index contributed by atoms with van der Waals surface area (Å²) in [5.74, 6) is 0.131. The second-order valence-electron chi connectivity index (χ2n) is 4.91. The molecule has 0 radical (unpaired) electrons. The molecule has 1 saturated heterocycles. The fourth-order valence-electron chi connectivity index (χ4n) is 2.40. The Morgan fingerprint density at radius 3 is 2.50 bits per heavy atom. The van der Waals surface area contributed by atoms with E-state index in [1.54, 1.807) is 0 Å². The van der Waals surface area contributed by atoms with E-state index in [2.05, 4.69) is 10.2 Å². The number of hydrogen-bond donors (Lipinski definition) is 0. The van der Waals surface area contributed by atoms with Gasteiger partial charge in [0.25, 0.3) is 5.91 Å². The molecule has 1 aromatic rings. The van der Waals surface area contributed by atoms with Crippen molar-refractivity contribution in [2.75, 3.05) is 13.1 Å². The van der Waals surface area contributed by atoms with Crippen molar-refractivity contribution in [3.8, 4) is 0 Å². The van der Waals surface area contributed by atoms with Crippen LogP contribution in [0.25, 0.3) is 0 Å². The van der Waals surface area contributed by atoms with Gasteiger partial charge in [-0.3, -0.25) is 4.79 Å². The smallest absolute Gasteiger partial charge is 0.255 e. The van der Waals surface area contributed by atoms with Gasteiger partial charge in [0.15, 0.2) is 0 Å². The van der Waals surface area contributed by atoms with Gasteiger partial charge >= 0.3 is 0 Å². The molecule has 1 aliphatic rings. The Hall–Kier alpha value is -1.45. The average molecular weight is 247 g/mol. The number of hydrogen-bond acceptors (Lipinski definition) is 3. The zero-order valence-corrected chi connectivity index (χ0v) is 11.3. The number of amides is 1. The maximum Gasteiger partial charge on any atom is 0.255 e. The van der Waals surface area contributed by atoms with E-state index < -0.39 is 0 Å². The quantitative estimate of drug-likeness (QED) is 0.806. The summed E-state index contributed by atoms with van der Waals surface area (Å²) in [4.78, 5) is 14.5. The first-order valence-corrected chi connectivity index (χ1v) is 6.85. The number of aromatic nitrogens is 2. The van der Waals surface area contributed by atoms with Crippen molar-refractivity contribution < 1.29 is 4.79 Å². The molecule has 1 aliphatic heterocycles. The maximum absolute atomic E-state index is 12.5. The highest BCUT2D eigenvalue weighted by Gasteiger charge is 2.20. The normalized spacial score (nSPS) is 16.4. The lowest BCUT2D eigenvalue weighted by Crippen LogP contribution is -2.32. The largest absolute Gasteiger partial charge is 0.339 e. The highest BCUT2D eigenvalue weighted by molar-refractivity contribution is 5.95. The molecular weight excluding hydrogens is 226 g/mol. The van der Waals surface area contributed by atoms with Crippen LogP contribution < -0.4 is 0 Å². The number of likely N-dealkylation sites (tertiary alicyclic amines) is 1. The van der Waals surface area contributed by atoms with Gasteiger partial charge in [-0.1, -0.05) is 19.8 Å². The number of aryl methyl sites for hydroxylation is 2. The van der Waals surface area contributed by atoms with Gasteiger partial charge in [0.05, 0.1) is 17.0 Å². The topological polar surface area (TPSA) is 46.1 Å². The van der Waals surface area contributed by atoms with Crippen molar-refractivity contribution in [1.82, 2.24) is 15.1 Å². The predicted octanol–water partition coefficient (Wildman–Crippen LogP) is 2.36. The minimum absolute atomic E-state index is 0.131. The molecule has 4 nitrogen and oxygen atoms in total. The number of rotatable bonds is 2. The first-order valence-electron chi connectivity index (χ1n) is 6.85. The van der Waals surface area contributed by atoms with Gasteiger partial charge in [-0.15, -0.1) is 0 Å². The molecule has 1 amide bonds. The minimum Gasteiger partial charge on any atom is -0.339 e. The number of carbonyl (C=O) groups excluding carboxylic acids is 1. The molecule has 0 bridgehead atoms. The van der Waals surface area contributed by atoms with Crippen LogP contribution >= 0.6 is 0 Å². The van der Waals surface area contributed by atoms with E-state index in [0.29, 0.717) is 0 Å². The summed E-state index contributed by atoms with van der Waals surface area (Å²) in [6.45, 7) is 5.65. The van der Waals surface area contributed by atoms with Gasteiger partial charge in [0.1, 0.15) is 0 Å². The van der Waals surface area contributed by atoms with Crippen LogP contribution in [0.15, 0.2) is 6.07 Å². The molecule has 0 unspecified atom stereocenters. The van der Waals surface area contributed by atoms with Gasteiger partial charge in [-0.05, 0) is 32.3 Å². The van der Waals surface area contributed by atoms with Crippen molar-refractivity contribution in [1.29, 1.82) is 0 Å². The van der Waals surface area contributed by atoms with E-state index in [-0.39, 0.29) is 5.91 Å². The Bertz CT molecular complexity index is 423. The second-order valence-corrected chi connectivity index (χ2v) is 4.91. The van der Waals surface area contributed by atoms with Gasteiger partial charge in [-0.2, -0.15) is 10.2 Å². The third-order valence-electron chi connectivity index (χ3n) is 3.45. The lowest BCUT2D eigenvalue weighted by molar-refractivity contribution is 0.0759. The standard InChI is InChI=1S/C14H21N3O/c1-3-13-12(10-11(2)15-16-13)14(18)17-8-6-4-5-7-9-17/h10H,3-9H2,1-2H3. The van der Waals surface area contributed by atoms with Crippen molar-refractivity contribution in [3.63, 3.8) is 0 Å². The van der Waals surface area contributed by atoms with Gasteiger partial charge in [0, 0.05) is 13.1 Å². The van der Waals surface area contributed by atoms with Crippen LogP contribution in [0, 0.1) is 6.92 Å². The molecule has 0 aliphatic carbocycles. The van der Waals surface area contributed by atoms with Crippen molar-refractivity contribution >= 4 is 5.91 Å². The van der Waals surface area contributed by atoms with E-state index in [1.165, 1.54) is 12.8 Å². The predicted molar refractivity (Wildman–Crippen MR) is 70.5 cm³/mol. The van der Waals surface area contributed by atoms with Crippen LogP contribution in [0.2, 0.25) is 0 Å². The molecular formula is C14H21N3O. The summed E-state index contributed by atoms with van der Waals surface area (Å²) in [6.07, 6.45) is 5.45. The molecule has 18 heavy (non-hydrogen) atoms. The molecule has 0 atom stereocenters. The molecule has 1 fully saturated rings. The fourth-order valence-corrected chi connectivity index (χ4v) is 2.40. The summed E-state index contributed by atoms with van der Waals surface area (Å²) in [6, 6.07) is 1.87. The first-order chi connectivity index (χ1) is 8.72. The summed E-state index contributed by atoms with van der Waals surface area (Å²) in [5, 5.41) is 8.17.